The van der Waals surface area contributed by atoms with E-state index in [9.17, 15) is 9.90 Å². The van der Waals surface area contributed by atoms with Gasteiger partial charge in [-0.05, 0) is 80.8 Å². The Bertz CT molecular complexity index is 611. The van der Waals surface area contributed by atoms with Gasteiger partial charge in [-0.3, -0.25) is 4.79 Å². The summed E-state index contributed by atoms with van der Waals surface area (Å²) in [5, 5.41) is 11.2. The smallest absolute Gasteiger partial charge is 0.155 e. The Morgan fingerprint density at radius 1 is 1.22 bits per heavy atom. The van der Waals surface area contributed by atoms with Crippen LogP contribution in [0.3, 0.4) is 0 Å². The van der Waals surface area contributed by atoms with Gasteiger partial charge in [0, 0.05) is 11.8 Å². The lowest BCUT2D eigenvalue weighted by atomic mass is 9.50. The summed E-state index contributed by atoms with van der Waals surface area (Å²) in [5.74, 6) is 3.03. The highest BCUT2D eigenvalue weighted by molar-refractivity contribution is 5.91. The predicted octanol–water partition coefficient (Wildman–Crippen LogP) is 4.20. The van der Waals surface area contributed by atoms with Crippen molar-refractivity contribution in [3.05, 3.63) is 30.0 Å². The van der Waals surface area contributed by atoms with Crippen molar-refractivity contribution in [3.8, 4) is 0 Å². The van der Waals surface area contributed by atoms with Crippen molar-refractivity contribution in [1.82, 2.24) is 0 Å². The molecule has 0 aliphatic heterocycles. The summed E-state index contributed by atoms with van der Waals surface area (Å²) in [6.45, 7) is 6.00. The second-order valence-electron chi connectivity index (χ2n) is 8.57. The summed E-state index contributed by atoms with van der Waals surface area (Å²) in [6, 6.07) is 0. The third-order valence-corrected chi connectivity index (χ3v) is 7.86. The fourth-order valence-corrected chi connectivity index (χ4v) is 6.64. The Morgan fingerprint density at radius 2 is 2.04 bits per heavy atom. The highest BCUT2D eigenvalue weighted by Gasteiger charge is 2.61. The molecule has 4 aliphatic rings. The number of carbonyl (C=O) groups excluding carboxylic acids is 1. The zero-order valence-corrected chi connectivity index (χ0v) is 14.2. The topological polar surface area (TPSA) is 37.3 Å². The van der Waals surface area contributed by atoms with E-state index in [1.807, 2.05) is 12.2 Å². The third kappa shape index (κ3) is 2.08. The molecule has 4 aliphatic carbocycles. The molecule has 0 spiro atoms. The van der Waals surface area contributed by atoms with Crippen LogP contribution in [0.2, 0.25) is 0 Å². The molecular weight excluding hydrogens is 284 g/mol. The number of hydrogen-bond acceptors (Lipinski definition) is 2. The van der Waals surface area contributed by atoms with Crippen molar-refractivity contribution in [2.75, 3.05) is 0 Å². The van der Waals surface area contributed by atoms with Crippen LogP contribution < -0.4 is 0 Å². The molecule has 124 valence electrons. The molecule has 0 aromatic rings. The number of ketones is 1. The number of carbonyl (C=O) groups is 1. The molecular formula is C21H28O2. The Hall–Kier alpha value is -1.11. The minimum Gasteiger partial charge on any atom is -0.385 e. The van der Waals surface area contributed by atoms with Crippen molar-refractivity contribution in [3.63, 3.8) is 0 Å². The number of aliphatic hydroxyl groups is 1. The van der Waals surface area contributed by atoms with Gasteiger partial charge in [0.25, 0.3) is 0 Å². The van der Waals surface area contributed by atoms with Gasteiger partial charge in [-0.15, -0.1) is 5.73 Å². The monoisotopic (exact) mass is 312 g/mol. The van der Waals surface area contributed by atoms with Crippen LogP contribution in [0.5, 0.6) is 0 Å². The van der Waals surface area contributed by atoms with E-state index in [4.69, 9.17) is 0 Å². The molecule has 2 nitrogen and oxygen atoms in total. The van der Waals surface area contributed by atoms with Gasteiger partial charge in [-0.2, -0.15) is 0 Å². The molecule has 0 aromatic heterocycles. The van der Waals surface area contributed by atoms with E-state index < -0.39 is 5.60 Å². The first kappa shape index (κ1) is 15.4. The van der Waals surface area contributed by atoms with Crippen LogP contribution in [0.25, 0.3) is 0 Å². The largest absolute Gasteiger partial charge is 0.385 e. The molecule has 3 saturated carbocycles. The molecule has 0 amide bonds. The molecule has 0 aromatic carbocycles. The number of rotatable bonds is 1. The molecule has 4 rings (SSSR count). The second-order valence-corrected chi connectivity index (χ2v) is 8.57. The highest BCUT2D eigenvalue weighted by Crippen LogP contribution is 2.65. The lowest BCUT2D eigenvalue weighted by Crippen LogP contribution is -2.51. The van der Waals surface area contributed by atoms with E-state index in [0.29, 0.717) is 17.6 Å². The standard InChI is InChI=1S/C21H28O2/c1-3-10-21(23)12-9-19-18-6-4-14-13-15(22)5-7-16(14)17(18)8-11-20(19,21)2/h10,13,16-19,23H,1,4-9,11-12H2,2H3/t16-,17+,18+,19-,20-,21-/m0/s1. The molecule has 0 bridgehead atoms. The number of hydrogen-bond donors (Lipinski definition) is 1. The molecule has 23 heavy (non-hydrogen) atoms. The zero-order chi connectivity index (χ0) is 16.2. The number of fused-ring (bicyclic) bond motifs is 5. The van der Waals surface area contributed by atoms with E-state index >= 15 is 0 Å². The van der Waals surface area contributed by atoms with Gasteiger partial charge < -0.3 is 5.11 Å². The first-order valence-electron chi connectivity index (χ1n) is 9.31. The van der Waals surface area contributed by atoms with E-state index in [0.717, 1.165) is 50.4 Å². The van der Waals surface area contributed by atoms with Crippen LogP contribution in [0.4, 0.5) is 0 Å². The van der Waals surface area contributed by atoms with E-state index in [2.05, 4.69) is 19.2 Å². The Labute approximate surface area is 139 Å². The van der Waals surface area contributed by atoms with Crippen LogP contribution in [0.1, 0.15) is 58.3 Å². The highest BCUT2D eigenvalue weighted by atomic mass is 16.3. The molecule has 1 N–H and O–H groups in total. The first-order valence-corrected chi connectivity index (χ1v) is 9.31. The maximum absolute atomic E-state index is 11.7. The van der Waals surface area contributed by atoms with Gasteiger partial charge in [0.2, 0.25) is 0 Å². The van der Waals surface area contributed by atoms with Gasteiger partial charge in [-0.25, -0.2) is 0 Å². The second kappa shape index (κ2) is 5.19. The van der Waals surface area contributed by atoms with Crippen molar-refractivity contribution in [2.24, 2.45) is 29.1 Å². The third-order valence-electron chi connectivity index (χ3n) is 7.86. The van der Waals surface area contributed by atoms with Crippen molar-refractivity contribution in [1.29, 1.82) is 0 Å². The number of allylic oxidation sites excluding steroid dienone is 1. The minimum atomic E-state index is -0.719. The lowest BCUT2D eigenvalue weighted by molar-refractivity contribution is -0.116. The van der Waals surface area contributed by atoms with Crippen molar-refractivity contribution < 1.29 is 9.90 Å². The summed E-state index contributed by atoms with van der Waals surface area (Å²) < 4.78 is 0. The van der Waals surface area contributed by atoms with E-state index in [-0.39, 0.29) is 5.41 Å². The van der Waals surface area contributed by atoms with Crippen LogP contribution in [-0.2, 0) is 4.79 Å². The summed E-state index contributed by atoms with van der Waals surface area (Å²) in [5.41, 5.74) is 3.55. The van der Waals surface area contributed by atoms with Gasteiger partial charge >= 0.3 is 0 Å². The van der Waals surface area contributed by atoms with Gasteiger partial charge in [0.05, 0.1) is 5.60 Å². The first-order chi connectivity index (χ1) is 11.0. The average molecular weight is 312 g/mol. The summed E-state index contributed by atoms with van der Waals surface area (Å²) in [6.07, 6.45) is 12.2. The fraction of sp³-hybridized carbons (Fsp3) is 0.714. The van der Waals surface area contributed by atoms with Crippen molar-refractivity contribution in [2.45, 2.75) is 63.9 Å². The molecule has 2 heteroatoms. The average Bonchev–Trinajstić information content (AvgIpc) is 2.79. The Balaban J connectivity index is 1.65. The summed E-state index contributed by atoms with van der Waals surface area (Å²) >= 11 is 0. The van der Waals surface area contributed by atoms with Gasteiger partial charge in [0.15, 0.2) is 5.78 Å². The van der Waals surface area contributed by atoms with Gasteiger partial charge in [0.1, 0.15) is 0 Å². The predicted molar refractivity (Wildman–Crippen MR) is 90.8 cm³/mol. The van der Waals surface area contributed by atoms with E-state index in [1.54, 1.807) is 0 Å². The zero-order valence-electron chi connectivity index (χ0n) is 14.2. The summed E-state index contributed by atoms with van der Waals surface area (Å²) in [4.78, 5) is 11.7. The minimum absolute atomic E-state index is 0.0233. The molecule has 0 unspecified atom stereocenters. The SMILES string of the molecule is C=C=C[C@]1(O)CC[C@H]2[C@@H]3CCC4=CC(=O)CC[C@@H]4[C@H]3CC[C@@]21C. The Kier molecular flexibility index (Phi) is 3.48. The maximum atomic E-state index is 11.7. The van der Waals surface area contributed by atoms with Crippen LogP contribution in [0, 0.1) is 29.1 Å². The molecule has 0 radical (unpaired) electrons. The van der Waals surface area contributed by atoms with Crippen LogP contribution in [0.15, 0.2) is 30.0 Å². The van der Waals surface area contributed by atoms with Crippen molar-refractivity contribution >= 4 is 5.78 Å². The summed E-state index contributed by atoms with van der Waals surface area (Å²) in [7, 11) is 0. The van der Waals surface area contributed by atoms with E-state index in [1.165, 1.54) is 18.4 Å². The quantitative estimate of drug-likeness (QED) is 0.737. The Morgan fingerprint density at radius 3 is 2.83 bits per heavy atom. The molecule has 3 fully saturated rings. The molecule has 6 atom stereocenters. The van der Waals surface area contributed by atoms with Crippen LogP contribution >= 0.6 is 0 Å². The maximum Gasteiger partial charge on any atom is 0.155 e. The molecule has 0 saturated heterocycles. The van der Waals surface area contributed by atoms with Crippen LogP contribution in [-0.4, -0.2) is 16.5 Å². The fourth-order valence-electron chi connectivity index (χ4n) is 6.64. The lowest BCUT2D eigenvalue weighted by Gasteiger charge is -2.55. The normalized spacial score (nSPS) is 48.6. The molecule has 0 heterocycles. The van der Waals surface area contributed by atoms with Gasteiger partial charge in [-0.1, -0.05) is 19.1 Å².